The average Bonchev–Trinajstić information content (AvgIpc) is 2.41. The van der Waals surface area contributed by atoms with Crippen molar-refractivity contribution in [3.8, 4) is 0 Å². The first-order valence-corrected chi connectivity index (χ1v) is 7.45. The summed E-state index contributed by atoms with van der Waals surface area (Å²) >= 11 is 0. The van der Waals surface area contributed by atoms with Gasteiger partial charge in [-0.25, -0.2) is 17.8 Å². The number of hydrogen-bond acceptors (Lipinski definition) is 5. The van der Waals surface area contributed by atoms with Crippen LogP contribution in [0.1, 0.15) is 0 Å². The van der Waals surface area contributed by atoms with Gasteiger partial charge in [0, 0.05) is 26.2 Å². The van der Waals surface area contributed by atoms with Gasteiger partial charge in [-0.3, -0.25) is 0 Å². The number of imide groups is 1. The second-order valence-corrected chi connectivity index (χ2v) is 6.61. The third-order valence-electron chi connectivity index (χ3n) is 3.28. The molecule has 0 aromatic carbocycles. The Morgan fingerprint density at radius 1 is 1.30 bits per heavy atom. The molecule has 0 aromatic heterocycles. The molecule has 2 aliphatic heterocycles. The molecule has 2 aliphatic rings. The highest BCUT2D eigenvalue weighted by atomic mass is 35.5. The second kappa shape index (κ2) is 6.17. The minimum Gasteiger partial charge on any atom is -0.314 e. The minimum atomic E-state index is -3.77. The minimum absolute atomic E-state index is 0. The monoisotopic (exact) mass is 325 g/mol. The molecule has 3 amide bonds. The molecule has 8 nitrogen and oxygen atoms in total. The Bertz CT molecular complexity index is 541. The van der Waals surface area contributed by atoms with Gasteiger partial charge in [-0.2, -0.15) is 14.0 Å². The Morgan fingerprint density at radius 2 is 1.85 bits per heavy atom. The van der Waals surface area contributed by atoms with Crippen molar-refractivity contribution < 1.29 is 22.6 Å². The first-order valence-electron chi connectivity index (χ1n) is 5.94. The molecule has 1 fully saturated rings. The maximum Gasteiger partial charge on any atom is 0.500 e. The summed E-state index contributed by atoms with van der Waals surface area (Å²) < 4.78 is 27.3. The van der Waals surface area contributed by atoms with Gasteiger partial charge in [0.05, 0.1) is 14.1 Å². The van der Waals surface area contributed by atoms with E-state index in [1.165, 1.54) is 24.6 Å². The summed E-state index contributed by atoms with van der Waals surface area (Å²) in [7, 11) is -1.05. The smallest absolute Gasteiger partial charge is 0.314 e. The van der Waals surface area contributed by atoms with E-state index < -0.39 is 27.2 Å². The second-order valence-electron chi connectivity index (χ2n) is 4.55. The summed E-state index contributed by atoms with van der Waals surface area (Å²) in [5, 5.41) is 1.73. The number of halogens is 1. The van der Waals surface area contributed by atoms with Gasteiger partial charge in [-0.15, -0.1) is 12.4 Å². The van der Waals surface area contributed by atoms with Crippen LogP contribution in [0.5, 0.6) is 0 Å². The van der Waals surface area contributed by atoms with Gasteiger partial charge < -0.3 is 5.32 Å². The van der Waals surface area contributed by atoms with E-state index >= 15 is 0 Å². The lowest BCUT2D eigenvalue weighted by Crippen LogP contribution is -2.58. The van der Waals surface area contributed by atoms with Crippen molar-refractivity contribution in [3.63, 3.8) is 0 Å². The summed E-state index contributed by atoms with van der Waals surface area (Å²) in [5.41, 5.74) is 0. The van der Waals surface area contributed by atoms with Crippen molar-refractivity contribution in [1.29, 1.82) is 0 Å². The lowest BCUT2D eigenvalue weighted by Gasteiger charge is -2.29. The van der Waals surface area contributed by atoms with Crippen molar-refractivity contribution in [2.24, 2.45) is 0 Å². The molecule has 0 aliphatic carbocycles. The fourth-order valence-corrected chi connectivity index (χ4v) is 3.88. The molecular formula is C10H18ClN4O4S+. The maximum absolute atomic E-state index is 12.4. The topological polar surface area (TPSA) is 89.8 Å². The quantitative estimate of drug-likeness (QED) is 0.612. The molecule has 0 spiro atoms. The van der Waals surface area contributed by atoms with Crippen molar-refractivity contribution in [3.05, 3.63) is 0 Å². The molecule has 1 unspecified atom stereocenters. The van der Waals surface area contributed by atoms with Gasteiger partial charge in [-0.1, -0.05) is 0 Å². The molecule has 1 atom stereocenters. The number of piperazine rings is 1. The first kappa shape index (κ1) is 17.0. The van der Waals surface area contributed by atoms with Crippen LogP contribution in [0.4, 0.5) is 4.79 Å². The van der Waals surface area contributed by atoms with E-state index in [9.17, 15) is 18.0 Å². The number of nitrogens with one attached hydrogen (secondary N) is 1. The zero-order chi connectivity index (χ0) is 14.2. The summed E-state index contributed by atoms with van der Waals surface area (Å²) in [5.74, 6) is -0.707. The van der Waals surface area contributed by atoms with E-state index in [0.29, 0.717) is 26.2 Å². The molecule has 2 rings (SSSR count). The summed E-state index contributed by atoms with van der Waals surface area (Å²) in [6.45, 7) is 1.79. The molecule has 0 radical (unpaired) electrons. The number of nitrogens with zero attached hydrogens (tertiary/aromatic N) is 3. The highest BCUT2D eigenvalue weighted by molar-refractivity contribution is 7.91. The zero-order valence-corrected chi connectivity index (χ0v) is 12.9. The molecule has 0 bridgehead atoms. The number of urea groups is 1. The highest BCUT2D eigenvalue weighted by Gasteiger charge is 2.48. The van der Waals surface area contributed by atoms with E-state index in [-0.39, 0.29) is 12.4 Å². The number of rotatable bonds is 2. The molecule has 10 heteroatoms. The van der Waals surface area contributed by atoms with Crippen molar-refractivity contribution in [1.82, 2.24) is 14.5 Å². The fraction of sp³-hybridized carbons (Fsp3) is 0.700. The molecule has 114 valence electrons. The van der Waals surface area contributed by atoms with Gasteiger partial charge in [0.15, 0.2) is 0 Å². The Kier molecular flexibility index (Phi) is 5.25. The Balaban J connectivity index is 0.00000200. The average molecular weight is 326 g/mol. The molecule has 0 saturated carbocycles. The Morgan fingerprint density at radius 3 is 2.40 bits per heavy atom. The summed E-state index contributed by atoms with van der Waals surface area (Å²) in [6, 6.07) is -0.531. The first-order chi connectivity index (χ1) is 8.85. The van der Waals surface area contributed by atoms with Crippen LogP contribution in [0.15, 0.2) is 0 Å². The standard InChI is InChI=1S/C10H17N4O4S.ClH/c1-12-7-8(9(15)13(2)10(12)16)19(17,18)14-5-3-11-4-6-14;/h7-8,11H,3-6H2,1-2H3;1H/q+1;. The van der Waals surface area contributed by atoms with E-state index in [2.05, 4.69) is 5.32 Å². The van der Waals surface area contributed by atoms with Gasteiger partial charge in [0.1, 0.15) is 6.21 Å². The SMILES string of the molecule is CN1C(=O)C(S(=O)(=O)N2CCNCC2)C=[N+](C)C1=O.Cl. The van der Waals surface area contributed by atoms with Gasteiger partial charge in [0.25, 0.3) is 0 Å². The lowest BCUT2D eigenvalue weighted by atomic mass is 10.3. The van der Waals surface area contributed by atoms with Crippen molar-refractivity contribution >= 4 is 40.6 Å². The van der Waals surface area contributed by atoms with Crippen LogP contribution in [0.3, 0.4) is 0 Å². The summed E-state index contributed by atoms with van der Waals surface area (Å²) in [4.78, 5) is 24.4. The van der Waals surface area contributed by atoms with Crippen LogP contribution in [0.2, 0.25) is 0 Å². The van der Waals surface area contributed by atoms with Crippen LogP contribution in [-0.2, 0) is 14.8 Å². The number of carbonyl (C=O) groups excluding carboxylic acids is 2. The van der Waals surface area contributed by atoms with E-state index in [1.54, 1.807) is 0 Å². The predicted molar refractivity (Wildman–Crippen MR) is 74.8 cm³/mol. The molecule has 2 heterocycles. The van der Waals surface area contributed by atoms with Crippen LogP contribution in [-0.4, -0.2) is 85.9 Å². The lowest BCUT2D eigenvalue weighted by molar-refractivity contribution is -0.399. The zero-order valence-electron chi connectivity index (χ0n) is 11.3. The normalized spacial score (nSPS) is 25.2. The maximum atomic E-state index is 12.4. The van der Waals surface area contributed by atoms with Crippen LogP contribution in [0, 0.1) is 0 Å². The van der Waals surface area contributed by atoms with Crippen LogP contribution < -0.4 is 5.32 Å². The number of amides is 3. The van der Waals surface area contributed by atoms with Crippen molar-refractivity contribution in [2.45, 2.75) is 5.25 Å². The fourth-order valence-electron chi connectivity index (χ4n) is 2.12. The van der Waals surface area contributed by atoms with Crippen molar-refractivity contribution in [2.75, 3.05) is 40.3 Å². The molecule has 1 N–H and O–H groups in total. The predicted octanol–water partition coefficient (Wildman–Crippen LogP) is -1.68. The van der Waals surface area contributed by atoms with E-state index in [1.807, 2.05) is 0 Å². The Hall–Kier alpha value is -1.03. The number of carbonyl (C=O) groups is 2. The third kappa shape index (κ3) is 2.85. The molecule has 0 aromatic rings. The van der Waals surface area contributed by atoms with Gasteiger partial charge in [0.2, 0.25) is 15.3 Å². The molecular weight excluding hydrogens is 308 g/mol. The number of hydrogen-bond donors (Lipinski definition) is 1. The largest absolute Gasteiger partial charge is 0.500 e. The summed E-state index contributed by atoms with van der Waals surface area (Å²) in [6.07, 6.45) is 1.17. The number of sulfonamides is 1. The highest BCUT2D eigenvalue weighted by Crippen LogP contribution is 2.14. The van der Waals surface area contributed by atoms with Crippen LogP contribution >= 0.6 is 12.4 Å². The van der Waals surface area contributed by atoms with Gasteiger partial charge >= 0.3 is 11.9 Å². The Labute approximate surface area is 123 Å². The van der Waals surface area contributed by atoms with Gasteiger partial charge in [-0.05, 0) is 0 Å². The third-order valence-corrected chi connectivity index (χ3v) is 5.33. The van der Waals surface area contributed by atoms with E-state index in [0.717, 1.165) is 9.48 Å². The molecule has 20 heavy (non-hydrogen) atoms. The van der Waals surface area contributed by atoms with Crippen LogP contribution in [0.25, 0.3) is 0 Å². The van der Waals surface area contributed by atoms with E-state index in [4.69, 9.17) is 0 Å². The molecule has 1 saturated heterocycles.